The van der Waals surface area contributed by atoms with Crippen molar-refractivity contribution in [1.82, 2.24) is 15.6 Å². The van der Waals surface area contributed by atoms with Crippen molar-refractivity contribution in [1.29, 1.82) is 0 Å². The second-order valence-corrected chi connectivity index (χ2v) is 7.20. The number of hydrazone groups is 1. The summed E-state index contributed by atoms with van der Waals surface area (Å²) in [5, 5.41) is 11.1. The van der Waals surface area contributed by atoms with Crippen molar-refractivity contribution < 1.29 is 19.0 Å². The molecule has 1 aromatic heterocycles. The van der Waals surface area contributed by atoms with Crippen LogP contribution >= 0.6 is 0 Å². The standard InChI is InChI=1S/C23H26N4O4/c1-15(2)14-31-19-8-5-16(6-9-19)23(28)27-25-13-18-12-24-26-22(18)17-7-10-20(29-3)21(11-17)30-4/h5-13,15H,14H2,1-4H3,(H,24,26)(H,27,28)/b25-13-. The van der Waals surface area contributed by atoms with Gasteiger partial charge in [-0.1, -0.05) is 13.8 Å². The highest BCUT2D eigenvalue weighted by atomic mass is 16.5. The zero-order chi connectivity index (χ0) is 22.2. The van der Waals surface area contributed by atoms with Gasteiger partial charge in [0.25, 0.3) is 5.91 Å². The third-order valence-corrected chi connectivity index (χ3v) is 4.41. The number of benzene rings is 2. The quantitative estimate of drug-likeness (QED) is 0.403. The van der Waals surface area contributed by atoms with Crippen LogP contribution in [0.25, 0.3) is 11.3 Å². The molecule has 0 bridgehead atoms. The number of aromatic nitrogens is 2. The van der Waals surface area contributed by atoms with Gasteiger partial charge in [0.05, 0.1) is 38.9 Å². The van der Waals surface area contributed by atoms with Gasteiger partial charge in [-0.05, 0) is 48.4 Å². The van der Waals surface area contributed by atoms with Crippen molar-refractivity contribution in [2.45, 2.75) is 13.8 Å². The van der Waals surface area contributed by atoms with Crippen LogP contribution in [-0.2, 0) is 0 Å². The zero-order valence-electron chi connectivity index (χ0n) is 18.0. The number of hydrogen-bond acceptors (Lipinski definition) is 6. The Balaban J connectivity index is 1.66. The molecule has 3 aromatic rings. The first kappa shape index (κ1) is 21.9. The summed E-state index contributed by atoms with van der Waals surface area (Å²) in [5.74, 6) is 2.08. The minimum absolute atomic E-state index is 0.317. The molecule has 31 heavy (non-hydrogen) atoms. The lowest BCUT2D eigenvalue weighted by Crippen LogP contribution is -2.17. The normalized spacial score (nSPS) is 11.0. The first-order valence-electron chi connectivity index (χ1n) is 9.83. The van der Waals surface area contributed by atoms with Crippen molar-refractivity contribution in [3.8, 4) is 28.5 Å². The summed E-state index contributed by atoms with van der Waals surface area (Å²) in [5.41, 5.74) is 5.32. The fraction of sp³-hybridized carbons (Fsp3) is 0.261. The first-order chi connectivity index (χ1) is 15.0. The number of methoxy groups -OCH3 is 2. The molecule has 8 nitrogen and oxygen atoms in total. The number of nitrogens with one attached hydrogen (secondary N) is 2. The molecule has 2 N–H and O–H groups in total. The van der Waals surface area contributed by atoms with E-state index < -0.39 is 0 Å². The second kappa shape index (κ2) is 10.3. The molecule has 0 atom stereocenters. The van der Waals surface area contributed by atoms with E-state index in [1.54, 1.807) is 44.7 Å². The fourth-order valence-corrected chi connectivity index (χ4v) is 2.81. The van der Waals surface area contributed by atoms with E-state index in [0.29, 0.717) is 35.2 Å². The Morgan fingerprint density at radius 3 is 2.55 bits per heavy atom. The number of carbonyl (C=O) groups excluding carboxylic acids is 1. The van der Waals surface area contributed by atoms with Crippen LogP contribution in [0.5, 0.6) is 17.2 Å². The maximum Gasteiger partial charge on any atom is 0.271 e. The molecule has 0 spiro atoms. The number of rotatable bonds is 9. The van der Waals surface area contributed by atoms with Crippen molar-refractivity contribution in [3.05, 3.63) is 59.8 Å². The highest BCUT2D eigenvalue weighted by Crippen LogP contribution is 2.32. The van der Waals surface area contributed by atoms with Crippen LogP contribution in [0.4, 0.5) is 0 Å². The van der Waals surface area contributed by atoms with Gasteiger partial charge in [0.2, 0.25) is 0 Å². The molecule has 0 aliphatic rings. The summed E-state index contributed by atoms with van der Waals surface area (Å²) in [6.07, 6.45) is 3.16. The predicted molar refractivity (Wildman–Crippen MR) is 119 cm³/mol. The highest BCUT2D eigenvalue weighted by Gasteiger charge is 2.11. The molecule has 8 heteroatoms. The topological polar surface area (TPSA) is 97.8 Å². The fourth-order valence-electron chi connectivity index (χ4n) is 2.81. The van der Waals surface area contributed by atoms with Gasteiger partial charge >= 0.3 is 0 Å². The maximum atomic E-state index is 12.3. The summed E-state index contributed by atoms with van der Waals surface area (Å²) in [6.45, 7) is 4.79. The Bertz CT molecular complexity index is 1040. The lowest BCUT2D eigenvalue weighted by molar-refractivity contribution is 0.0955. The van der Waals surface area contributed by atoms with E-state index in [4.69, 9.17) is 14.2 Å². The largest absolute Gasteiger partial charge is 0.493 e. The van der Waals surface area contributed by atoms with Gasteiger partial charge in [0, 0.05) is 16.7 Å². The smallest absolute Gasteiger partial charge is 0.271 e. The molecular weight excluding hydrogens is 396 g/mol. The Kier molecular flexibility index (Phi) is 7.26. The number of H-pyrrole nitrogens is 1. The molecule has 1 amide bonds. The molecule has 0 radical (unpaired) electrons. The molecule has 0 aliphatic heterocycles. The Morgan fingerprint density at radius 1 is 1.13 bits per heavy atom. The molecular formula is C23H26N4O4. The van der Waals surface area contributed by atoms with Gasteiger partial charge in [0.1, 0.15) is 5.75 Å². The van der Waals surface area contributed by atoms with Crippen molar-refractivity contribution in [2.24, 2.45) is 11.0 Å². The summed E-state index contributed by atoms with van der Waals surface area (Å²) < 4.78 is 16.3. The number of amides is 1. The number of hydrogen-bond donors (Lipinski definition) is 2. The van der Waals surface area contributed by atoms with Crippen LogP contribution in [-0.4, -0.2) is 43.1 Å². The lowest BCUT2D eigenvalue weighted by Gasteiger charge is -2.09. The molecule has 162 valence electrons. The van der Waals surface area contributed by atoms with E-state index in [1.165, 1.54) is 6.21 Å². The van der Waals surface area contributed by atoms with E-state index in [-0.39, 0.29) is 5.91 Å². The van der Waals surface area contributed by atoms with Gasteiger partial charge in [-0.2, -0.15) is 10.2 Å². The molecule has 1 heterocycles. The molecule has 0 unspecified atom stereocenters. The van der Waals surface area contributed by atoms with E-state index in [9.17, 15) is 4.79 Å². The monoisotopic (exact) mass is 422 g/mol. The van der Waals surface area contributed by atoms with Gasteiger partial charge in [0.15, 0.2) is 11.5 Å². The molecule has 0 saturated carbocycles. The third kappa shape index (κ3) is 5.63. The number of nitrogens with zero attached hydrogens (tertiary/aromatic N) is 2. The molecule has 0 fully saturated rings. The summed E-state index contributed by atoms with van der Waals surface area (Å²) in [4.78, 5) is 12.3. The van der Waals surface area contributed by atoms with Crippen LogP contribution < -0.4 is 19.6 Å². The zero-order valence-corrected chi connectivity index (χ0v) is 18.0. The van der Waals surface area contributed by atoms with Gasteiger partial charge in [-0.3, -0.25) is 9.89 Å². The maximum absolute atomic E-state index is 12.3. The number of carbonyl (C=O) groups is 1. The first-order valence-corrected chi connectivity index (χ1v) is 9.83. The van der Waals surface area contributed by atoms with E-state index in [2.05, 4.69) is 34.6 Å². The van der Waals surface area contributed by atoms with Gasteiger partial charge < -0.3 is 14.2 Å². The minimum Gasteiger partial charge on any atom is -0.493 e. The highest BCUT2D eigenvalue weighted by molar-refractivity contribution is 5.95. The number of ether oxygens (including phenoxy) is 3. The Morgan fingerprint density at radius 2 is 1.87 bits per heavy atom. The lowest BCUT2D eigenvalue weighted by atomic mass is 10.1. The van der Waals surface area contributed by atoms with Crippen LogP contribution in [0.15, 0.2) is 53.8 Å². The van der Waals surface area contributed by atoms with Crippen molar-refractivity contribution >= 4 is 12.1 Å². The van der Waals surface area contributed by atoms with Crippen LogP contribution in [0.1, 0.15) is 29.8 Å². The molecule has 0 aliphatic carbocycles. The molecule has 3 rings (SSSR count). The molecule has 0 saturated heterocycles. The van der Waals surface area contributed by atoms with Gasteiger partial charge in [-0.15, -0.1) is 0 Å². The van der Waals surface area contributed by atoms with Crippen molar-refractivity contribution in [3.63, 3.8) is 0 Å². The Labute approximate surface area is 181 Å². The average molecular weight is 422 g/mol. The Hall–Kier alpha value is -3.81. The summed E-state index contributed by atoms with van der Waals surface area (Å²) in [7, 11) is 3.16. The number of aromatic amines is 1. The minimum atomic E-state index is -0.317. The van der Waals surface area contributed by atoms with Crippen LogP contribution in [0.2, 0.25) is 0 Å². The van der Waals surface area contributed by atoms with Gasteiger partial charge in [-0.25, -0.2) is 5.43 Å². The van der Waals surface area contributed by atoms with Crippen LogP contribution in [0.3, 0.4) is 0 Å². The summed E-state index contributed by atoms with van der Waals surface area (Å²) in [6, 6.07) is 12.5. The van der Waals surface area contributed by atoms with Crippen LogP contribution in [0, 0.1) is 5.92 Å². The van der Waals surface area contributed by atoms with E-state index in [1.807, 2.05) is 18.2 Å². The average Bonchev–Trinajstić information content (AvgIpc) is 3.26. The van der Waals surface area contributed by atoms with Crippen molar-refractivity contribution in [2.75, 3.05) is 20.8 Å². The van der Waals surface area contributed by atoms with E-state index in [0.717, 1.165) is 17.0 Å². The third-order valence-electron chi connectivity index (χ3n) is 4.41. The second-order valence-electron chi connectivity index (χ2n) is 7.20. The molecule has 2 aromatic carbocycles. The summed E-state index contributed by atoms with van der Waals surface area (Å²) >= 11 is 0. The SMILES string of the molecule is COc1ccc(-c2[nH]ncc2/C=N\NC(=O)c2ccc(OCC(C)C)cc2)cc1OC. The van der Waals surface area contributed by atoms with E-state index >= 15 is 0 Å². The predicted octanol–water partition coefficient (Wildman–Crippen LogP) is 3.89.